The molecule has 0 heterocycles. The van der Waals surface area contributed by atoms with Crippen LogP contribution in [-0.4, -0.2) is 35.6 Å². The minimum Gasteiger partial charge on any atom is -0.506 e. The van der Waals surface area contributed by atoms with Crippen molar-refractivity contribution in [1.82, 2.24) is 0 Å². The SMILES string of the molecule is Cc1cc(I)c(O)c(C(=O)OC23CC4CC(C2)CC(C(=O)Oc2cc(C(C)C)c(S(=O)(=O)O)cc2C)(C4)C3)c1. The van der Waals surface area contributed by atoms with Crippen LogP contribution in [0.5, 0.6) is 11.5 Å². The maximum atomic E-state index is 13.9. The number of carbonyl (C=O) groups is 2. The number of halogens is 1. The van der Waals surface area contributed by atoms with Gasteiger partial charge in [-0.05, 0) is 127 Å². The first-order valence-corrected chi connectivity index (χ1v) is 15.7. The van der Waals surface area contributed by atoms with Gasteiger partial charge in [0.15, 0.2) is 0 Å². The summed E-state index contributed by atoms with van der Waals surface area (Å²) in [5.41, 5.74) is 0.132. The van der Waals surface area contributed by atoms with Crippen molar-refractivity contribution in [2.45, 2.75) is 82.6 Å². The fraction of sp³-hybridized carbons (Fsp3) is 0.517. The zero-order chi connectivity index (χ0) is 28.5. The average Bonchev–Trinajstić information content (AvgIpc) is 2.80. The van der Waals surface area contributed by atoms with Gasteiger partial charge in [-0.2, -0.15) is 8.42 Å². The van der Waals surface area contributed by atoms with Gasteiger partial charge >= 0.3 is 11.9 Å². The van der Waals surface area contributed by atoms with Gasteiger partial charge in [0.25, 0.3) is 10.1 Å². The topological polar surface area (TPSA) is 127 Å². The molecule has 0 saturated heterocycles. The van der Waals surface area contributed by atoms with Gasteiger partial charge in [-0.1, -0.05) is 13.8 Å². The second-order valence-electron chi connectivity index (χ2n) is 12.1. The quantitative estimate of drug-likeness (QED) is 0.164. The Morgan fingerprint density at radius 2 is 1.69 bits per heavy atom. The highest BCUT2D eigenvalue weighted by Crippen LogP contribution is 2.63. The molecular formula is C29H33IO8S. The summed E-state index contributed by atoms with van der Waals surface area (Å²) < 4.78 is 46.3. The summed E-state index contributed by atoms with van der Waals surface area (Å²) >= 11 is 1.99. The number of carbonyl (C=O) groups excluding carboxylic acids is 2. The Kier molecular flexibility index (Phi) is 7.07. The molecule has 0 aliphatic heterocycles. The number of aromatic hydroxyl groups is 1. The Balaban J connectivity index is 1.44. The first-order valence-electron chi connectivity index (χ1n) is 13.2. The number of ether oxygens (including phenoxy) is 2. The zero-order valence-electron chi connectivity index (χ0n) is 22.4. The third-order valence-electron chi connectivity index (χ3n) is 8.59. The number of hydrogen-bond donors (Lipinski definition) is 2. The number of phenols is 1. The molecular weight excluding hydrogens is 635 g/mol. The smallest absolute Gasteiger partial charge is 0.342 e. The van der Waals surface area contributed by atoms with Gasteiger partial charge in [0.05, 0.1) is 13.9 Å². The molecule has 4 fully saturated rings. The van der Waals surface area contributed by atoms with Gasteiger partial charge in [-0.3, -0.25) is 9.35 Å². The Morgan fingerprint density at radius 1 is 1.05 bits per heavy atom. The Morgan fingerprint density at radius 3 is 2.28 bits per heavy atom. The maximum absolute atomic E-state index is 13.9. The molecule has 2 aromatic carbocycles. The molecule has 0 spiro atoms. The molecule has 2 aromatic rings. The van der Waals surface area contributed by atoms with Crippen LogP contribution in [0.3, 0.4) is 0 Å². The van der Waals surface area contributed by atoms with E-state index in [0.29, 0.717) is 46.8 Å². The lowest BCUT2D eigenvalue weighted by Crippen LogP contribution is -2.60. The van der Waals surface area contributed by atoms with Crippen LogP contribution in [0.1, 0.15) is 85.3 Å². The maximum Gasteiger partial charge on any atom is 0.342 e. The summed E-state index contributed by atoms with van der Waals surface area (Å²) in [6.07, 6.45) is 3.96. The summed E-state index contributed by atoms with van der Waals surface area (Å²) in [5.74, 6) is -0.630. The van der Waals surface area contributed by atoms with E-state index < -0.39 is 33.1 Å². The number of phenolic OH excluding ortho intramolecular Hbond substituents is 1. The number of esters is 2. The molecule has 8 nitrogen and oxygen atoms in total. The van der Waals surface area contributed by atoms with E-state index in [1.807, 2.05) is 29.5 Å². The molecule has 4 bridgehead atoms. The second kappa shape index (κ2) is 9.73. The van der Waals surface area contributed by atoms with Crippen LogP contribution < -0.4 is 4.74 Å². The van der Waals surface area contributed by atoms with Crippen LogP contribution in [0, 0.1) is 34.7 Å². The lowest BCUT2D eigenvalue weighted by atomic mass is 9.48. The van der Waals surface area contributed by atoms with E-state index in [0.717, 1.165) is 12.0 Å². The largest absolute Gasteiger partial charge is 0.506 e. The van der Waals surface area contributed by atoms with E-state index in [1.54, 1.807) is 32.9 Å². The van der Waals surface area contributed by atoms with Crippen molar-refractivity contribution in [2.24, 2.45) is 17.3 Å². The molecule has 0 amide bonds. The standard InChI is InChI=1S/C29H33IO8S/c1-15(2)20-9-23(17(4)7-24(20)39(34,35)36)37-27(33)28-10-18-8-19(11-28)13-29(12-18,14-28)38-26(32)21-5-16(3)6-22(30)25(21)31/h5-7,9,15,18-19,31H,8,10-14H2,1-4H3,(H,34,35,36). The summed E-state index contributed by atoms with van der Waals surface area (Å²) in [6.45, 7) is 7.09. The van der Waals surface area contributed by atoms with Crippen LogP contribution in [0.15, 0.2) is 29.2 Å². The molecule has 210 valence electrons. The summed E-state index contributed by atoms with van der Waals surface area (Å²) in [6, 6.07) is 6.28. The lowest BCUT2D eigenvalue weighted by Gasteiger charge is -2.59. The number of hydrogen-bond acceptors (Lipinski definition) is 7. The summed E-state index contributed by atoms with van der Waals surface area (Å²) in [5, 5.41) is 10.5. The third kappa shape index (κ3) is 5.19. The highest BCUT2D eigenvalue weighted by Gasteiger charge is 2.63. The Bertz CT molecular complexity index is 1460. The molecule has 4 aliphatic rings. The van der Waals surface area contributed by atoms with E-state index in [-0.39, 0.29) is 39.7 Å². The van der Waals surface area contributed by atoms with Crippen molar-refractivity contribution >= 4 is 44.6 Å². The van der Waals surface area contributed by atoms with Crippen LogP contribution >= 0.6 is 22.6 Å². The van der Waals surface area contributed by atoms with Gasteiger partial charge in [0.2, 0.25) is 0 Å². The number of aryl methyl sites for hydroxylation is 2. The average molecular weight is 669 g/mol. The van der Waals surface area contributed by atoms with Crippen LogP contribution in [0.2, 0.25) is 0 Å². The number of rotatable bonds is 6. The highest BCUT2D eigenvalue weighted by molar-refractivity contribution is 14.1. The van der Waals surface area contributed by atoms with Crippen molar-refractivity contribution in [3.63, 3.8) is 0 Å². The van der Waals surface area contributed by atoms with Gasteiger partial charge < -0.3 is 14.6 Å². The minimum absolute atomic E-state index is 0.102. The summed E-state index contributed by atoms with van der Waals surface area (Å²) in [4.78, 5) is 27.0. The minimum atomic E-state index is -4.44. The van der Waals surface area contributed by atoms with Crippen molar-refractivity contribution < 1.29 is 37.1 Å². The molecule has 0 radical (unpaired) electrons. The van der Waals surface area contributed by atoms with Crippen LogP contribution in [0.4, 0.5) is 0 Å². The van der Waals surface area contributed by atoms with Gasteiger partial charge in [0, 0.05) is 6.42 Å². The molecule has 4 saturated carbocycles. The predicted octanol–water partition coefficient (Wildman–Crippen LogP) is 6.09. The molecule has 2 unspecified atom stereocenters. The molecule has 4 aliphatic carbocycles. The van der Waals surface area contributed by atoms with E-state index in [1.165, 1.54) is 12.1 Å². The number of benzene rings is 2. The monoisotopic (exact) mass is 668 g/mol. The highest BCUT2D eigenvalue weighted by atomic mass is 127. The van der Waals surface area contributed by atoms with Crippen molar-refractivity contribution in [1.29, 1.82) is 0 Å². The third-order valence-corrected chi connectivity index (χ3v) is 10.3. The molecule has 39 heavy (non-hydrogen) atoms. The summed E-state index contributed by atoms with van der Waals surface area (Å²) in [7, 11) is -4.44. The fourth-order valence-corrected chi connectivity index (χ4v) is 9.05. The molecule has 2 N–H and O–H groups in total. The Labute approximate surface area is 242 Å². The lowest BCUT2D eigenvalue weighted by molar-refractivity contribution is -0.189. The predicted molar refractivity (Wildman–Crippen MR) is 152 cm³/mol. The van der Waals surface area contributed by atoms with E-state index in [2.05, 4.69) is 0 Å². The van der Waals surface area contributed by atoms with Crippen molar-refractivity contribution in [3.05, 3.63) is 50.1 Å². The normalized spacial score (nSPS) is 27.6. The van der Waals surface area contributed by atoms with Crippen molar-refractivity contribution in [2.75, 3.05) is 0 Å². The van der Waals surface area contributed by atoms with Gasteiger partial charge in [0.1, 0.15) is 22.7 Å². The van der Waals surface area contributed by atoms with Crippen LogP contribution in [-0.2, 0) is 19.6 Å². The molecule has 0 aromatic heterocycles. The molecule has 10 heteroatoms. The Hall–Kier alpha value is -2.18. The molecule has 6 rings (SSSR count). The van der Waals surface area contributed by atoms with E-state index >= 15 is 0 Å². The zero-order valence-corrected chi connectivity index (χ0v) is 25.4. The van der Waals surface area contributed by atoms with E-state index in [9.17, 15) is 27.7 Å². The first-order chi connectivity index (χ1) is 18.1. The van der Waals surface area contributed by atoms with Gasteiger partial charge in [-0.15, -0.1) is 0 Å². The first kappa shape index (κ1) is 28.4. The van der Waals surface area contributed by atoms with Crippen LogP contribution in [0.25, 0.3) is 0 Å². The fourth-order valence-electron chi connectivity index (χ4n) is 7.35. The van der Waals surface area contributed by atoms with E-state index in [4.69, 9.17) is 9.47 Å². The van der Waals surface area contributed by atoms with Gasteiger partial charge in [-0.25, -0.2) is 4.79 Å². The second-order valence-corrected chi connectivity index (χ2v) is 14.7. The molecule has 2 atom stereocenters. The van der Waals surface area contributed by atoms with Crippen molar-refractivity contribution in [3.8, 4) is 11.5 Å².